The summed E-state index contributed by atoms with van der Waals surface area (Å²) < 4.78 is 5.07. The van der Waals surface area contributed by atoms with Crippen LogP contribution in [0.4, 0.5) is 0 Å². The van der Waals surface area contributed by atoms with Crippen molar-refractivity contribution in [3.05, 3.63) is 0 Å². The zero-order valence-electron chi connectivity index (χ0n) is 5.89. The van der Waals surface area contributed by atoms with Crippen molar-refractivity contribution in [1.29, 1.82) is 0 Å². The Hall–Kier alpha value is -0.120. The van der Waals surface area contributed by atoms with Gasteiger partial charge in [0.2, 0.25) is 0 Å². The normalized spacial score (nSPS) is 34.0. The number of hydroxylamine groups is 1. The molecule has 1 fully saturated rings. The summed E-state index contributed by atoms with van der Waals surface area (Å²) in [6, 6.07) is 0.514. The number of rotatable bonds is 3. The molecule has 9 heavy (non-hydrogen) atoms. The van der Waals surface area contributed by atoms with Crippen molar-refractivity contribution in [1.82, 2.24) is 5.48 Å². The maximum atomic E-state index is 5.07. The van der Waals surface area contributed by atoms with Crippen LogP contribution >= 0.6 is 0 Å². The Labute approximate surface area is 55.3 Å². The monoisotopic (exact) mass is 131 g/mol. The minimum Gasteiger partial charge on any atom is -0.381 e. The minimum atomic E-state index is 0.456. The van der Waals surface area contributed by atoms with Crippen LogP contribution < -0.4 is 5.48 Å². The first kappa shape index (κ1) is 6.99. The number of nitrogens with one attached hydrogen (secondary N) is 1. The molecule has 0 aromatic rings. The van der Waals surface area contributed by atoms with Gasteiger partial charge in [0, 0.05) is 13.2 Å². The molecule has 0 heterocycles. The van der Waals surface area contributed by atoms with Gasteiger partial charge in [0.05, 0.1) is 13.2 Å². The van der Waals surface area contributed by atoms with Gasteiger partial charge < -0.3 is 9.57 Å². The van der Waals surface area contributed by atoms with Crippen molar-refractivity contribution < 1.29 is 9.57 Å². The molecule has 0 atom stereocenters. The fourth-order valence-corrected chi connectivity index (χ4v) is 1.02. The molecule has 3 heteroatoms. The summed E-state index contributed by atoms with van der Waals surface area (Å²) in [4.78, 5) is 4.73. The molecule has 0 unspecified atom stereocenters. The Bertz CT molecular complexity index is 81.1. The lowest BCUT2D eigenvalue weighted by atomic mass is 9.90. The maximum absolute atomic E-state index is 5.07. The molecule has 0 radical (unpaired) electrons. The second kappa shape index (κ2) is 3.15. The molecule has 0 bridgehead atoms. The van der Waals surface area contributed by atoms with Crippen LogP contribution in [0, 0.1) is 0 Å². The third kappa shape index (κ3) is 1.64. The van der Waals surface area contributed by atoms with Gasteiger partial charge in [0.25, 0.3) is 0 Å². The molecule has 1 rings (SSSR count). The van der Waals surface area contributed by atoms with E-state index in [4.69, 9.17) is 9.57 Å². The van der Waals surface area contributed by atoms with E-state index >= 15 is 0 Å². The molecular formula is C6H13NO2. The SMILES string of the molecule is CONC1CC(OC)C1. The lowest BCUT2D eigenvalue weighted by Crippen LogP contribution is -2.44. The maximum Gasteiger partial charge on any atom is 0.0602 e. The Balaban J connectivity index is 1.98. The Morgan fingerprint density at radius 1 is 1.33 bits per heavy atom. The number of methoxy groups -OCH3 is 1. The molecule has 1 N–H and O–H groups in total. The molecule has 1 aliphatic rings. The second-order valence-electron chi connectivity index (χ2n) is 2.35. The summed E-state index contributed by atoms with van der Waals surface area (Å²) in [5.74, 6) is 0. The molecule has 0 aromatic heterocycles. The molecule has 0 aliphatic heterocycles. The Morgan fingerprint density at radius 3 is 2.44 bits per heavy atom. The van der Waals surface area contributed by atoms with Crippen LogP contribution in [0.15, 0.2) is 0 Å². The van der Waals surface area contributed by atoms with E-state index in [-0.39, 0.29) is 0 Å². The number of ether oxygens (including phenoxy) is 1. The van der Waals surface area contributed by atoms with E-state index in [0.29, 0.717) is 12.1 Å². The number of hydrogen-bond donors (Lipinski definition) is 1. The molecule has 3 nitrogen and oxygen atoms in total. The molecule has 0 spiro atoms. The fourth-order valence-electron chi connectivity index (χ4n) is 1.02. The summed E-state index contributed by atoms with van der Waals surface area (Å²) in [6.07, 6.45) is 2.60. The Kier molecular flexibility index (Phi) is 2.45. The van der Waals surface area contributed by atoms with Gasteiger partial charge in [0.15, 0.2) is 0 Å². The van der Waals surface area contributed by atoms with Crippen molar-refractivity contribution in [2.45, 2.75) is 25.0 Å². The fraction of sp³-hybridized carbons (Fsp3) is 1.00. The van der Waals surface area contributed by atoms with E-state index in [1.807, 2.05) is 0 Å². The van der Waals surface area contributed by atoms with E-state index < -0.39 is 0 Å². The van der Waals surface area contributed by atoms with Crippen LogP contribution in [0.25, 0.3) is 0 Å². The molecule has 54 valence electrons. The van der Waals surface area contributed by atoms with Crippen molar-refractivity contribution in [2.75, 3.05) is 14.2 Å². The van der Waals surface area contributed by atoms with Crippen molar-refractivity contribution in [2.24, 2.45) is 0 Å². The van der Waals surface area contributed by atoms with Gasteiger partial charge in [-0.25, -0.2) is 0 Å². The second-order valence-corrected chi connectivity index (χ2v) is 2.35. The van der Waals surface area contributed by atoms with Crippen LogP contribution in [0.3, 0.4) is 0 Å². The van der Waals surface area contributed by atoms with E-state index in [2.05, 4.69) is 5.48 Å². The van der Waals surface area contributed by atoms with E-state index in [1.54, 1.807) is 14.2 Å². The van der Waals surface area contributed by atoms with Gasteiger partial charge in [-0.15, -0.1) is 0 Å². The van der Waals surface area contributed by atoms with E-state index in [9.17, 15) is 0 Å². The van der Waals surface area contributed by atoms with Crippen LogP contribution in [0.1, 0.15) is 12.8 Å². The highest BCUT2D eigenvalue weighted by atomic mass is 16.6. The highest BCUT2D eigenvalue weighted by Crippen LogP contribution is 2.21. The first-order valence-electron chi connectivity index (χ1n) is 3.18. The minimum absolute atomic E-state index is 0.456. The largest absolute Gasteiger partial charge is 0.381 e. The standard InChI is InChI=1S/C6H13NO2/c1-8-6-3-5(4-6)7-9-2/h5-7H,3-4H2,1-2H3. The van der Waals surface area contributed by atoms with E-state index in [1.165, 1.54) is 0 Å². The topological polar surface area (TPSA) is 30.5 Å². The van der Waals surface area contributed by atoms with Crippen LogP contribution in [-0.4, -0.2) is 26.4 Å². The molecule has 1 aliphatic carbocycles. The molecule has 0 saturated heterocycles. The summed E-state index contributed by atoms with van der Waals surface area (Å²) >= 11 is 0. The van der Waals surface area contributed by atoms with Gasteiger partial charge in [-0.1, -0.05) is 0 Å². The van der Waals surface area contributed by atoms with Crippen molar-refractivity contribution >= 4 is 0 Å². The van der Waals surface area contributed by atoms with Crippen LogP contribution in [0.2, 0.25) is 0 Å². The number of hydrogen-bond acceptors (Lipinski definition) is 3. The summed E-state index contributed by atoms with van der Waals surface area (Å²) in [5, 5.41) is 0. The first-order valence-corrected chi connectivity index (χ1v) is 3.18. The lowest BCUT2D eigenvalue weighted by molar-refractivity contribution is -0.0415. The van der Waals surface area contributed by atoms with Crippen LogP contribution in [0.5, 0.6) is 0 Å². The average molecular weight is 131 g/mol. The quantitative estimate of drug-likeness (QED) is 0.559. The van der Waals surface area contributed by atoms with Crippen LogP contribution in [-0.2, 0) is 9.57 Å². The highest BCUT2D eigenvalue weighted by Gasteiger charge is 2.28. The first-order chi connectivity index (χ1) is 4.36. The third-order valence-corrected chi connectivity index (χ3v) is 1.71. The predicted molar refractivity (Wildman–Crippen MR) is 34.0 cm³/mol. The molecule has 1 saturated carbocycles. The smallest absolute Gasteiger partial charge is 0.0602 e. The lowest BCUT2D eigenvalue weighted by Gasteiger charge is -2.33. The average Bonchev–Trinajstić information content (AvgIpc) is 1.77. The van der Waals surface area contributed by atoms with Crippen molar-refractivity contribution in [3.63, 3.8) is 0 Å². The van der Waals surface area contributed by atoms with Gasteiger partial charge >= 0.3 is 0 Å². The summed E-state index contributed by atoms with van der Waals surface area (Å²) in [7, 11) is 3.38. The van der Waals surface area contributed by atoms with Gasteiger partial charge in [-0.05, 0) is 12.8 Å². The third-order valence-electron chi connectivity index (χ3n) is 1.71. The Morgan fingerprint density at radius 2 is 2.00 bits per heavy atom. The van der Waals surface area contributed by atoms with Crippen molar-refractivity contribution in [3.8, 4) is 0 Å². The molecule has 0 aromatic carbocycles. The summed E-state index contributed by atoms with van der Waals surface area (Å²) in [6.45, 7) is 0. The zero-order chi connectivity index (χ0) is 6.69. The molecular weight excluding hydrogens is 118 g/mol. The predicted octanol–water partition coefficient (Wildman–Crippen LogP) is 0.315. The van der Waals surface area contributed by atoms with Gasteiger partial charge in [0.1, 0.15) is 0 Å². The highest BCUT2D eigenvalue weighted by molar-refractivity contribution is 4.83. The summed E-state index contributed by atoms with van der Waals surface area (Å²) in [5.41, 5.74) is 2.87. The van der Waals surface area contributed by atoms with E-state index in [0.717, 1.165) is 12.8 Å². The van der Waals surface area contributed by atoms with Gasteiger partial charge in [-0.2, -0.15) is 5.48 Å². The zero-order valence-corrected chi connectivity index (χ0v) is 5.89. The molecule has 0 amide bonds. The van der Waals surface area contributed by atoms with Gasteiger partial charge in [-0.3, -0.25) is 0 Å².